The van der Waals surface area contributed by atoms with Crippen LogP contribution in [0.25, 0.3) is 0 Å². The fourth-order valence-corrected chi connectivity index (χ4v) is 4.16. The predicted molar refractivity (Wildman–Crippen MR) is 135 cm³/mol. The fraction of sp³-hybridized carbons (Fsp3) is 0.308. The number of hydrogen-bond donors (Lipinski definition) is 2. The van der Waals surface area contributed by atoms with Crippen molar-refractivity contribution in [2.24, 2.45) is 5.92 Å². The van der Waals surface area contributed by atoms with Crippen molar-refractivity contribution < 1.29 is 9.59 Å². The molecule has 0 saturated heterocycles. The van der Waals surface area contributed by atoms with Crippen LogP contribution >= 0.6 is 11.8 Å². The van der Waals surface area contributed by atoms with Crippen LogP contribution in [-0.4, -0.2) is 32.3 Å². The van der Waals surface area contributed by atoms with E-state index in [1.54, 1.807) is 6.08 Å². The number of allylic oxidation sites excluding steroid dienone is 1. The summed E-state index contributed by atoms with van der Waals surface area (Å²) in [6.45, 7) is 10.8. The average Bonchev–Trinajstić information content (AvgIpc) is 3.23. The zero-order valence-corrected chi connectivity index (χ0v) is 20.6. The standard InChI is InChI=1S/C26H31N5O2S/c1-5-15-31-24(23(18(2)3)28-25(33)21-13-11-19(4)12-14-21)29-30-26(31)34-17-22(32)27-16-20-9-7-6-8-10-20/h5-14,18,23H,1,15-17H2,2-4H3,(H,27,32)(H,28,33)/t23-/m1/s1. The largest absolute Gasteiger partial charge is 0.351 e. The highest BCUT2D eigenvalue weighted by atomic mass is 32.2. The van der Waals surface area contributed by atoms with Crippen molar-refractivity contribution in [3.63, 3.8) is 0 Å². The molecule has 1 aromatic heterocycles. The number of aryl methyl sites for hydroxylation is 1. The molecule has 0 aliphatic carbocycles. The van der Waals surface area contributed by atoms with Gasteiger partial charge in [0.2, 0.25) is 5.91 Å². The van der Waals surface area contributed by atoms with Gasteiger partial charge in [0.15, 0.2) is 11.0 Å². The maximum absolute atomic E-state index is 12.9. The predicted octanol–water partition coefficient (Wildman–Crippen LogP) is 4.31. The monoisotopic (exact) mass is 477 g/mol. The summed E-state index contributed by atoms with van der Waals surface area (Å²) in [7, 11) is 0. The van der Waals surface area contributed by atoms with Crippen LogP contribution < -0.4 is 10.6 Å². The molecular formula is C26H31N5O2S. The van der Waals surface area contributed by atoms with Crippen LogP contribution in [-0.2, 0) is 17.9 Å². The summed E-state index contributed by atoms with van der Waals surface area (Å²) in [5, 5.41) is 15.3. The van der Waals surface area contributed by atoms with Crippen LogP contribution in [0.1, 0.15) is 47.2 Å². The van der Waals surface area contributed by atoms with Gasteiger partial charge in [-0.25, -0.2) is 0 Å². The van der Waals surface area contributed by atoms with Crippen molar-refractivity contribution in [2.45, 2.75) is 45.1 Å². The molecule has 0 unspecified atom stereocenters. The third-order valence-electron chi connectivity index (χ3n) is 5.27. The normalized spacial score (nSPS) is 11.8. The van der Waals surface area contributed by atoms with Crippen molar-refractivity contribution >= 4 is 23.6 Å². The van der Waals surface area contributed by atoms with E-state index >= 15 is 0 Å². The lowest BCUT2D eigenvalue weighted by Crippen LogP contribution is -2.33. The van der Waals surface area contributed by atoms with E-state index in [1.807, 2.05) is 79.9 Å². The van der Waals surface area contributed by atoms with E-state index in [2.05, 4.69) is 27.4 Å². The molecule has 1 heterocycles. The molecule has 0 aliphatic heterocycles. The van der Waals surface area contributed by atoms with Crippen molar-refractivity contribution in [1.29, 1.82) is 0 Å². The Labute approximate surface area is 205 Å². The lowest BCUT2D eigenvalue weighted by atomic mass is 10.0. The number of hydrogen-bond acceptors (Lipinski definition) is 5. The molecule has 0 fully saturated rings. The van der Waals surface area contributed by atoms with Gasteiger partial charge in [0, 0.05) is 18.7 Å². The lowest BCUT2D eigenvalue weighted by molar-refractivity contribution is -0.118. The van der Waals surface area contributed by atoms with E-state index in [0.717, 1.165) is 11.1 Å². The van der Waals surface area contributed by atoms with E-state index in [0.29, 0.717) is 29.6 Å². The van der Waals surface area contributed by atoms with Crippen molar-refractivity contribution in [3.8, 4) is 0 Å². The molecule has 3 aromatic rings. The number of carbonyl (C=O) groups excluding carboxylic acids is 2. The van der Waals surface area contributed by atoms with Gasteiger partial charge in [0.25, 0.3) is 5.91 Å². The topological polar surface area (TPSA) is 88.9 Å². The summed E-state index contributed by atoms with van der Waals surface area (Å²) < 4.78 is 1.90. The molecule has 0 saturated carbocycles. The van der Waals surface area contributed by atoms with Crippen LogP contribution in [0, 0.1) is 12.8 Å². The molecule has 34 heavy (non-hydrogen) atoms. The minimum absolute atomic E-state index is 0.0779. The summed E-state index contributed by atoms with van der Waals surface area (Å²) in [6, 6.07) is 16.9. The van der Waals surface area contributed by atoms with Crippen molar-refractivity contribution in [2.75, 3.05) is 5.75 Å². The van der Waals surface area contributed by atoms with Gasteiger partial charge in [-0.05, 0) is 30.5 Å². The number of aromatic nitrogens is 3. The van der Waals surface area contributed by atoms with Crippen LogP contribution in [0.2, 0.25) is 0 Å². The average molecular weight is 478 g/mol. The van der Waals surface area contributed by atoms with Gasteiger partial charge in [-0.3, -0.25) is 9.59 Å². The first kappa shape index (κ1) is 25.2. The van der Waals surface area contributed by atoms with Gasteiger partial charge in [0.05, 0.1) is 11.8 Å². The Balaban J connectivity index is 1.70. The highest BCUT2D eigenvalue weighted by Crippen LogP contribution is 2.25. The summed E-state index contributed by atoms with van der Waals surface area (Å²) in [4.78, 5) is 25.2. The Morgan fingerprint density at radius 2 is 1.79 bits per heavy atom. The van der Waals surface area contributed by atoms with E-state index in [9.17, 15) is 9.59 Å². The van der Waals surface area contributed by atoms with Crippen molar-refractivity contribution in [1.82, 2.24) is 25.4 Å². The summed E-state index contributed by atoms with van der Waals surface area (Å²) >= 11 is 1.31. The van der Waals surface area contributed by atoms with Crippen LogP contribution in [0.3, 0.4) is 0 Å². The summed E-state index contributed by atoms with van der Waals surface area (Å²) in [6.07, 6.45) is 1.76. The van der Waals surface area contributed by atoms with Crippen LogP contribution in [0.15, 0.2) is 72.4 Å². The fourth-order valence-electron chi connectivity index (χ4n) is 3.37. The van der Waals surface area contributed by atoms with Gasteiger partial charge in [-0.1, -0.05) is 79.7 Å². The first-order chi connectivity index (χ1) is 16.4. The zero-order chi connectivity index (χ0) is 24.5. The minimum atomic E-state index is -0.345. The molecule has 0 radical (unpaired) electrons. The SMILES string of the molecule is C=CCn1c(SCC(=O)NCc2ccccc2)nnc1[C@H](NC(=O)c1ccc(C)cc1)C(C)C. The lowest BCUT2D eigenvalue weighted by Gasteiger charge is -2.22. The van der Waals surface area contributed by atoms with Crippen LogP contribution in [0.5, 0.6) is 0 Å². The highest BCUT2D eigenvalue weighted by molar-refractivity contribution is 7.99. The van der Waals surface area contributed by atoms with E-state index in [4.69, 9.17) is 0 Å². The first-order valence-electron chi connectivity index (χ1n) is 11.2. The first-order valence-corrected chi connectivity index (χ1v) is 12.2. The summed E-state index contributed by atoms with van der Waals surface area (Å²) in [5.41, 5.74) is 2.73. The van der Waals surface area contributed by atoms with Gasteiger partial charge >= 0.3 is 0 Å². The molecule has 2 N–H and O–H groups in total. The second-order valence-corrected chi connectivity index (χ2v) is 9.29. The number of nitrogens with zero attached hydrogens (tertiary/aromatic N) is 3. The third-order valence-corrected chi connectivity index (χ3v) is 6.23. The molecule has 1 atom stereocenters. The highest BCUT2D eigenvalue weighted by Gasteiger charge is 2.26. The Morgan fingerprint density at radius 3 is 2.44 bits per heavy atom. The quantitative estimate of drug-likeness (QED) is 0.317. The number of nitrogens with one attached hydrogen (secondary N) is 2. The molecule has 2 aromatic carbocycles. The molecule has 0 spiro atoms. The van der Waals surface area contributed by atoms with E-state index in [-0.39, 0.29) is 29.5 Å². The Hall–Kier alpha value is -3.39. The Morgan fingerprint density at radius 1 is 1.09 bits per heavy atom. The smallest absolute Gasteiger partial charge is 0.251 e. The number of rotatable bonds is 11. The molecule has 7 nitrogen and oxygen atoms in total. The maximum Gasteiger partial charge on any atom is 0.251 e. The molecule has 8 heteroatoms. The van der Waals surface area contributed by atoms with E-state index < -0.39 is 0 Å². The zero-order valence-electron chi connectivity index (χ0n) is 19.8. The number of carbonyl (C=O) groups is 2. The maximum atomic E-state index is 12.9. The molecule has 3 rings (SSSR count). The Kier molecular flexibility index (Phi) is 9.04. The summed E-state index contributed by atoms with van der Waals surface area (Å²) in [5.74, 6) is 0.680. The van der Waals surface area contributed by atoms with Gasteiger partial charge in [-0.15, -0.1) is 16.8 Å². The molecule has 178 valence electrons. The van der Waals surface area contributed by atoms with Gasteiger partial charge < -0.3 is 15.2 Å². The number of benzene rings is 2. The molecule has 2 amide bonds. The second-order valence-electron chi connectivity index (χ2n) is 8.35. The van der Waals surface area contributed by atoms with Crippen molar-refractivity contribution in [3.05, 3.63) is 89.8 Å². The molecule has 0 aliphatic rings. The number of amides is 2. The van der Waals surface area contributed by atoms with Gasteiger partial charge in [0.1, 0.15) is 0 Å². The van der Waals surface area contributed by atoms with Gasteiger partial charge in [-0.2, -0.15) is 0 Å². The minimum Gasteiger partial charge on any atom is -0.351 e. The third kappa shape index (κ3) is 6.81. The van der Waals surface area contributed by atoms with E-state index in [1.165, 1.54) is 11.8 Å². The second kappa shape index (κ2) is 12.2. The molecular weight excluding hydrogens is 446 g/mol. The Bertz CT molecular complexity index is 1110. The number of thioether (sulfide) groups is 1. The van der Waals surface area contributed by atoms with Crippen LogP contribution in [0.4, 0.5) is 0 Å². The molecule has 0 bridgehead atoms.